The van der Waals surface area contributed by atoms with Gasteiger partial charge in [-0.3, -0.25) is 4.90 Å². The van der Waals surface area contributed by atoms with Crippen molar-refractivity contribution in [3.05, 3.63) is 21.4 Å². The van der Waals surface area contributed by atoms with Gasteiger partial charge in [0.2, 0.25) is 0 Å². The average Bonchev–Trinajstić information content (AvgIpc) is 2.52. The minimum atomic E-state index is 0.307. The van der Waals surface area contributed by atoms with E-state index in [4.69, 9.17) is 10.5 Å². The first kappa shape index (κ1) is 14.0. The Morgan fingerprint density at radius 3 is 2.94 bits per heavy atom. The van der Waals surface area contributed by atoms with Crippen molar-refractivity contribution in [2.24, 2.45) is 5.73 Å². The summed E-state index contributed by atoms with van der Waals surface area (Å²) in [6, 6.07) is 2.65. The van der Waals surface area contributed by atoms with Crippen LogP contribution in [0.15, 0.2) is 6.07 Å². The van der Waals surface area contributed by atoms with E-state index in [2.05, 4.69) is 31.7 Å². The zero-order valence-corrected chi connectivity index (χ0v) is 12.4. The van der Waals surface area contributed by atoms with Crippen molar-refractivity contribution in [2.75, 3.05) is 26.2 Å². The van der Waals surface area contributed by atoms with Crippen LogP contribution in [0.3, 0.4) is 0 Å². The molecule has 1 aliphatic rings. The van der Waals surface area contributed by atoms with E-state index in [1.165, 1.54) is 15.3 Å². The molecule has 2 rings (SSSR count). The molecule has 2 N–H and O–H groups in total. The topological polar surface area (TPSA) is 38.5 Å². The quantitative estimate of drug-likeness (QED) is 0.915. The monoisotopic (exact) mass is 268 g/mol. The Balaban J connectivity index is 2.19. The van der Waals surface area contributed by atoms with Gasteiger partial charge < -0.3 is 10.5 Å². The van der Waals surface area contributed by atoms with Crippen LogP contribution in [0.1, 0.15) is 34.7 Å². The van der Waals surface area contributed by atoms with Crippen molar-refractivity contribution in [2.45, 2.75) is 39.3 Å². The zero-order valence-electron chi connectivity index (χ0n) is 11.6. The van der Waals surface area contributed by atoms with Crippen LogP contribution in [0, 0.1) is 13.8 Å². The third-order valence-electron chi connectivity index (χ3n) is 3.59. The molecule has 0 amide bonds. The minimum absolute atomic E-state index is 0.307. The molecule has 0 aliphatic carbocycles. The second-order valence-corrected chi connectivity index (χ2v) is 6.61. The molecule has 0 saturated carbocycles. The third kappa shape index (κ3) is 3.12. The van der Waals surface area contributed by atoms with E-state index in [1.54, 1.807) is 0 Å². The lowest BCUT2D eigenvalue weighted by Crippen LogP contribution is -2.37. The van der Waals surface area contributed by atoms with Gasteiger partial charge in [0.15, 0.2) is 0 Å². The summed E-state index contributed by atoms with van der Waals surface area (Å²) in [4.78, 5) is 5.27. The van der Waals surface area contributed by atoms with E-state index in [-0.39, 0.29) is 0 Å². The number of nitrogens with zero attached hydrogens (tertiary/aromatic N) is 1. The van der Waals surface area contributed by atoms with Crippen LogP contribution in [0.4, 0.5) is 0 Å². The molecule has 2 atom stereocenters. The molecule has 0 aromatic carbocycles. The van der Waals surface area contributed by atoms with Gasteiger partial charge in [0.05, 0.1) is 6.10 Å². The van der Waals surface area contributed by atoms with Gasteiger partial charge in [-0.25, -0.2) is 0 Å². The van der Waals surface area contributed by atoms with Gasteiger partial charge in [0, 0.05) is 42.0 Å². The molecule has 0 bridgehead atoms. The minimum Gasteiger partial charge on any atom is -0.377 e. The standard InChI is InChI=1S/C14H24N2OS/c1-10-9-16(5-4-6-17-10)14(8-15)13-7-11(2)18-12(13)3/h7,10,14H,4-6,8-9,15H2,1-3H3. The lowest BCUT2D eigenvalue weighted by Gasteiger charge is -2.30. The smallest absolute Gasteiger partial charge is 0.0674 e. The van der Waals surface area contributed by atoms with E-state index >= 15 is 0 Å². The number of hydrogen-bond acceptors (Lipinski definition) is 4. The molecule has 1 aliphatic heterocycles. The Morgan fingerprint density at radius 2 is 2.33 bits per heavy atom. The largest absolute Gasteiger partial charge is 0.377 e. The third-order valence-corrected chi connectivity index (χ3v) is 4.57. The molecule has 0 radical (unpaired) electrons. The number of nitrogens with two attached hydrogens (primary N) is 1. The fourth-order valence-corrected chi connectivity index (χ4v) is 3.75. The highest BCUT2D eigenvalue weighted by Gasteiger charge is 2.25. The molecule has 1 fully saturated rings. The summed E-state index contributed by atoms with van der Waals surface area (Å²) < 4.78 is 5.72. The number of rotatable bonds is 3. The Bertz CT molecular complexity index is 391. The van der Waals surface area contributed by atoms with Crippen molar-refractivity contribution in [3.63, 3.8) is 0 Å². The second-order valence-electron chi connectivity index (χ2n) is 5.15. The van der Waals surface area contributed by atoms with Gasteiger partial charge in [0.25, 0.3) is 0 Å². The summed E-state index contributed by atoms with van der Waals surface area (Å²) in [5, 5.41) is 0. The summed E-state index contributed by atoms with van der Waals surface area (Å²) >= 11 is 1.87. The van der Waals surface area contributed by atoms with Crippen LogP contribution in [0.2, 0.25) is 0 Å². The van der Waals surface area contributed by atoms with Crippen molar-refractivity contribution >= 4 is 11.3 Å². The summed E-state index contributed by atoms with van der Waals surface area (Å²) in [5.74, 6) is 0. The van der Waals surface area contributed by atoms with Gasteiger partial charge >= 0.3 is 0 Å². The van der Waals surface area contributed by atoms with Crippen LogP contribution in [-0.4, -0.2) is 37.2 Å². The predicted octanol–water partition coefficient (Wildman–Crippen LogP) is 2.48. The second kappa shape index (κ2) is 6.15. The molecular formula is C14H24N2OS. The van der Waals surface area contributed by atoms with E-state index in [9.17, 15) is 0 Å². The Labute approximate surface area is 114 Å². The van der Waals surface area contributed by atoms with Gasteiger partial charge in [-0.05, 0) is 38.8 Å². The summed E-state index contributed by atoms with van der Waals surface area (Å²) in [6.07, 6.45) is 1.41. The highest BCUT2D eigenvalue weighted by atomic mass is 32.1. The van der Waals surface area contributed by atoms with E-state index in [0.29, 0.717) is 18.7 Å². The van der Waals surface area contributed by atoms with Crippen molar-refractivity contribution in [1.29, 1.82) is 0 Å². The lowest BCUT2D eigenvalue weighted by atomic mass is 10.1. The molecule has 1 saturated heterocycles. The Hall–Kier alpha value is -0.420. The van der Waals surface area contributed by atoms with Crippen LogP contribution in [-0.2, 0) is 4.74 Å². The molecule has 1 aromatic rings. The highest BCUT2D eigenvalue weighted by Crippen LogP contribution is 2.30. The summed E-state index contributed by atoms with van der Waals surface area (Å²) in [7, 11) is 0. The number of aryl methyl sites for hydroxylation is 2. The molecule has 1 aromatic heterocycles. The normalized spacial score (nSPS) is 23.9. The Morgan fingerprint density at radius 1 is 1.56 bits per heavy atom. The molecule has 18 heavy (non-hydrogen) atoms. The molecule has 0 spiro atoms. The first-order valence-electron chi connectivity index (χ1n) is 6.74. The first-order valence-corrected chi connectivity index (χ1v) is 7.56. The zero-order chi connectivity index (χ0) is 13.1. The highest BCUT2D eigenvalue weighted by molar-refractivity contribution is 7.12. The SMILES string of the molecule is Cc1cc(C(CN)N2CCCOC(C)C2)c(C)s1. The molecule has 3 nitrogen and oxygen atoms in total. The van der Waals surface area contributed by atoms with Crippen LogP contribution >= 0.6 is 11.3 Å². The predicted molar refractivity (Wildman–Crippen MR) is 77.2 cm³/mol. The lowest BCUT2D eigenvalue weighted by molar-refractivity contribution is 0.0611. The van der Waals surface area contributed by atoms with E-state index in [1.807, 2.05) is 11.3 Å². The van der Waals surface area contributed by atoms with Gasteiger partial charge in [0.1, 0.15) is 0 Å². The van der Waals surface area contributed by atoms with E-state index < -0.39 is 0 Å². The van der Waals surface area contributed by atoms with Gasteiger partial charge in [-0.2, -0.15) is 0 Å². The van der Waals surface area contributed by atoms with Crippen molar-refractivity contribution in [3.8, 4) is 0 Å². The number of ether oxygens (including phenoxy) is 1. The molecule has 4 heteroatoms. The molecular weight excluding hydrogens is 244 g/mol. The molecule has 102 valence electrons. The van der Waals surface area contributed by atoms with Crippen molar-refractivity contribution < 1.29 is 4.74 Å². The van der Waals surface area contributed by atoms with Crippen LogP contribution < -0.4 is 5.73 Å². The molecule has 2 unspecified atom stereocenters. The maximum absolute atomic E-state index is 6.03. The fraction of sp³-hybridized carbons (Fsp3) is 0.714. The maximum Gasteiger partial charge on any atom is 0.0674 e. The van der Waals surface area contributed by atoms with Gasteiger partial charge in [-0.1, -0.05) is 0 Å². The summed E-state index contributed by atoms with van der Waals surface area (Å²) in [6.45, 7) is 10.1. The molecule has 2 heterocycles. The first-order chi connectivity index (χ1) is 8.61. The van der Waals surface area contributed by atoms with Crippen LogP contribution in [0.5, 0.6) is 0 Å². The maximum atomic E-state index is 6.03. The van der Waals surface area contributed by atoms with Crippen molar-refractivity contribution in [1.82, 2.24) is 4.90 Å². The summed E-state index contributed by atoms with van der Waals surface area (Å²) in [5.41, 5.74) is 7.44. The Kier molecular flexibility index (Phi) is 4.78. The van der Waals surface area contributed by atoms with Gasteiger partial charge in [-0.15, -0.1) is 11.3 Å². The average molecular weight is 268 g/mol. The number of hydrogen-bond donors (Lipinski definition) is 1. The van der Waals surface area contributed by atoms with E-state index in [0.717, 1.165) is 26.1 Å². The number of thiophene rings is 1. The fourth-order valence-electron chi connectivity index (χ4n) is 2.76. The van der Waals surface area contributed by atoms with Crippen LogP contribution in [0.25, 0.3) is 0 Å².